The first-order valence-electron chi connectivity index (χ1n) is 17.0. The number of amides is 1. The summed E-state index contributed by atoms with van der Waals surface area (Å²) in [5.41, 5.74) is -0.138. The van der Waals surface area contributed by atoms with Crippen LogP contribution < -0.4 is 14.8 Å². The van der Waals surface area contributed by atoms with Gasteiger partial charge in [0.1, 0.15) is 23.0 Å². The second-order valence-corrected chi connectivity index (χ2v) is 13.7. The highest BCUT2D eigenvalue weighted by molar-refractivity contribution is 6.01. The molecule has 276 valence electrons. The summed E-state index contributed by atoms with van der Waals surface area (Å²) in [6.07, 6.45) is -6.55. The van der Waals surface area contributed by atoms with Crippen molar-refractivity contribution in [1.29, 1.82) is 0 Å². The molecule has 51 heavy (non-hydrogen) atoms. The lowest BCUT2D eigenvalue weighted by molar-refractivity contribution is -0.236. The number of likely N-dealkylation sites (tertiary alicyclic amines) is 2. The summed E-state index contributed by atoms with van der Waals surface area (Å²) in [6.45, 7) is 1.81. The lowest BCUT2D eigenvalue weighted by Crippen LogP contribution is -2.61. The van der Waals surface area contributed by atoms with Gasteiger partial charge in [-0.15, -0.1) is 0 Å². The first kappa shape index (κ1) is 36.8. The minimum Gasteiger partial charge on any atom is -0.496 e. The van der Waals surface area contributed by atoms with E-state index < -0.39 is 48.3 Å². The van der Waals surface area contributed by atoms with Crippen molar-refractivity contribution >= 4 is 22.6 Å². The number of halogens is 5. The maximum absolute atomic E-state index is 14.6. The normalized spacial score (nSPS) is 20.4. The molecule has 3 aliphatic rings. The molecule has 0 aromatic heterocycles. The van der Waals surface area contributed by atoms with Gasteiger partial charge in [0.05, 0.1) is 39.0 Å². The molecule has 3 aliphatic heterocycles. The second-order valence-electron chi connectivity index (χ2n) is 13.7. The number of hydrogen-bond acceptors (Lipinski definition) is 7. The van der Waals surface area contributed by atoms with E-state index in [1.54, 1.807) is 30.3 Å². The second kappa shape index (κ2) is 14.5. The first-order chi connectivity index (χ1) is 24.3. The van der Waals surface area contributed by atoms with Crippen molar-refractivity contribution in [1.82, 2.24) is 15.1 Å². The van der Waals surface area contributed by atoms with Crippen molar-refractivity contribution < 1.29 is 50.9 Å². The molecule has 3 fully saturated rings. The van der Waals surface area contributed by atoms with Gasteiger partial charge in [-0.3, -0.25) is 14.6 Å². The van der Waals surface area contributed by atoms with Gasteiger partial charge in [0.15, 0.2) is 0 Å². The number of hydrogen-bond donors (Lipinski definition) is 2. The fraction of sp³-hybridized carbons (Fsp3) is 0.514. The Morgan fingerprint density at radius 3 is 2.18 bits per heavy atom. The quantitative estimate of drug-likeness (QED) is 0.236. The topological polar surface area (TPSA) is 101 Å². The van der Waals surface area contributed by atoms with Crippen molar-refractivity contribution in [2.24, 2.45) is 5.41 Å². The Bertz CT molecular complexity index is 1750. The third kappa shape index (κ3) is 7.36. The molecule has 9 nitrogen and oxygen atoms in total. The number of nitrogens with one attached hydrogen (secondary N) is 1. The summed E-state index contributed by atoms with van der Waals surface area (Å²) in [5, 5.41) is 13.7. The zero-order chi connectivity index (χ0) is 36.6. The van der Waals surface area contributed by atoms with Crippen LogP contribution in [0.5, 0.6) is 11.5 Å². The number of ether oxygens (including phenoxy) is 3. The highest BCUT2D eigenvalue weighted by Crippen LogP contribution is 2.48. The van der Waals surface area contributed by atoms with E-state index in [0.717, 1.165) is 5.56 Å². The Morgan fingerprint density at radius 1 is 0.922 bits per heavy atom. The van der Waals surface area contributed by atoms with E-state index in [4.69, 9.17) is 14.2 Å². The number of carbonyl (C=O) groups is 2. The number of nitrogens with zero attached hydrogens (tertiary/aromatic N) is 2. The number of alkyl halides is 5. The Labute approximate surface area is 292 Å². The zero-order valence-corrected chi connectivity index (χ0v) is 28.5. The monoisotopic (exact) mass is 719 g/mol. The van der Waals surface area contributed by atoms with E-state index in [0.29, 0.717) is 58.7 Å². The molecule has 0 aliphatic carbocycles. The van der Waals surface area contributed by atoms with Crippen molar-refractivity contribution in [2.75, 3.05) is 53.6 Å². The van der Waals surface area contributed by atoms with Crippen LogP contribution in [0.1, 0.15) is 36.8 Å². The van der Waals surface area contributed by atoms with E-state index in [2.05, 4.69) is 5.32 Å². The molecular weight excluding hydrogens is 677 g/mol. The van der Waals surface area contributed by atoms with E-state index in [-0.39, 0.29) is 51.5 Å². The Kier molecular flexibility index (Phi) is 10.5. The standard InChI is InChI=1S/C37H42F5N3O6/c1-49-30-10-9-24(20-44-15-13-36(38,39)14-16-44)32(50-2)31(30)28-8-4-6-26-23(5-3-7-27(26)28)19-29(33(46)47)43-34(48)35(37(40,41)42)11-17-45(18-12-35)25-21-51-22-25/h3-10,25,29H,11-22H2,1-2H3,(H,43,48)(H,46,47)/t29-/m0/s1. The molecule has 0 spiro atoms. The maximum Gasteiger partial charge on any atom is 0.403 e. The highest BCUT2D eigenvalue weighted by Gasteiger charge is 2.61. The summed E-state index contributed by atoms with van der Waals surface area (Å²) in [4.78, 5) is 29.8. The van der Waals surface area contributed by atoms with Gasteiger partial charge in [-0.1, -0.05) is 42.5 Å². The number of benzene rings is 3. The molecule has 0 radical (unpaired) electrons. The molecule has 0 bridgehead atoms. The SMILES string of the molecule is COc1ccc(CN2CCC(F)(F)CC2)c(OC)c1-c1cccc2c(C[C@H](NC(=O)C3(C(F)(F)F)CCN(C4COC4)CC3)C(=O)O)cccc12. The predicted molar refractivity (Wildman–Crippen MR) is 179 cm³/mol. The number of rotatable bonds is 11. The van der Waals surface area contributed by atoms with Crippen molar-refractivity contribution in [2.45, 2.75) is 62.8 Å². The fourth-order valence-corrected chi connectivity index (χ4v) is 7.50. The van der Waals surface area contributed by atoms with Crippen LogP contribution in [0.25, 0.3) is 21.9 Å². The lowest BCUT2D eigenvalue weighted by atomic mass is 9.76. The molecule has 2 N–H and O–H groups in total. The molecule has 6 rings (SSSR count). The molecule has 1 atom stereocenters. The molecule has 3 heterocycles. The smallest absolute Gasteiger partial charge is 0.403 e. The summed E-state index contributed by atoms with van der Waals surface area (Å²) in [6, 6.07) is 12.7. The molecule has 0 unspecified atom stereocenters. The van der Waals surface area contributed by atoms with Gasteiger partial charge in [-0.2, -0.15) is 13.2 Å². The molecule has 1 amide bonds. The van der Waals surface area contributed by atoms with Gasteiger partial charge < -0.3 is 24.6 Å². The Hall–Kier alpha value is -4.01. The zero-order valence-electron chi connectivity index (χ0n) is 28.5. The van der Waals surface area contributed by atoms with Crippen LogP contribution in [0.3, 0.4) is 0 Å². The van der Waals surface area contributed by atoms with Gasteiger partial charge >= 0.3 is 12.1 Å². The van der Waals surface area contributed by atoms with Crippen LogP contribution in [0, 0.1) is 5.41 Å². The van der Waals surface area contributed by atoms with Crippen molar-refractivity contribution in [3.05, 3.63) is 59.7 Å². The lowest BCUT2D eigenvalue weighted by Gasteiger charge is -2.46. The summed E-state index contributed by atoms with van der Waals surface area (Å²) in [5.74, 6) is -4.49. The van der Waals surface area contributed by atoms with Gasteiger partial charge in [0, 0.05) is 44.5 Å². The third-order valence-corrected chi connectivity index (χ3v) is 10.7. The number of carbonyl (C=O) groups excluding carboxylic acids is 1. The Balaban J connectivity index is 1.29. The largest absolute Gasteiger partial charge is 0.496 e. The van der Waals surface area contributed by atoms with E-state index >= 15 is 0 Å². The number of carboxylic acids is 1. The van der Waals surface area contributed by atoms with Crippen LogP contribution in [0.2, 0.25) is 0 Å². The number of fused-ring (bicyclic) bond motifs is 1. The maximum atomic E-state index is 14.6. The van der Waals surface area contributed by atoms with Gasteiger partial charge in [-0.25, -0.2) is 13.6 Å². The van der Waals surface area contributed by atoms with Crippen LogP contribution in [0.4, 0.5) is 22.0 Å². The highest BCUT2D eigenvalue weighted by atomic mass is 19.4. The average molecular weight is 720 g/mol. The minimum atomic E-state index is -4.87. The first-order valence-corrected chi connectivity index (χ1v) is 17.0. The average Bonchev–Trinajstić information content (AvgIpc) is 3.07. The van der Waals surface area contributed by atoms with Gasteiger partial charge in [0.2, 0.25) is 5.91 Å². The summed E-state index contributed by atoms with van der Waals surface area (Å²) < 4.78 is 88.2. The molecule has 14 heteroatoms. The van der Waals surface area contributed by atoms with Crippen molar-refractivity contribution in [3.63, 3.8) is 0 Å². The summed E-state index contributed by atoms with van der Waals surface area (Å²) >= 11 is 0. The van der Waals surface area contributed by atoms with Gasteiger partial charge in [-0.05, 0) is 53.9 Å². The number of carboxylic acid groups (broad SMARTS) is 1. The molecule has 3 saturated heterocycles. The minimum absolute atomic E-state index is 0.0234. The third-order valence-electron chi connectivity index (χ3n) is 10.7. The van der Waals surface area contributed by atoms with Crippen LogP contribution in [0.15, 0.2) is 48.5 Å². The van der Waals surface area contributed by atoms with Crippen molar-refractivity contribution in [3.8, 4) is 22.6 Å². The summed E-state index contributed by atoms with van der Waals surface area (Å²) in [7, 11) is 3.03. The van der Waals surface area contributed by atoms with Crippen LogP contribution >= 0.6 is 0 Å². The molecule has 0 saturated carbocycles. The molecule has 3 aromatic carbocycles. The Morgan fingerprint density at radius 2 is 1.59 bits per heavy atom. The number of piperidine rings is 2. The predicted octanol–water partition coefficient (Wildman–Crippen LogP) is 5.91. The van der Waals surface area contributed by atoms with Crippen LogP contribution in [-0.2, 0) is 27.3 Å². The van der Waals surface area contributed by atoms with E-state index in [9.17, 15) is 36.6 Å². The van der Waals surface area contributed by atoms with Crippen LogP contribution in [-0.4, -0.2) is 105 Å². The number of aliphatic carboxylic acids is 1. The molecular formula is C37H42F5N3O6. The number of methoxy groups -OCH3 is 2. The molecule has 3 aromatic rings. The van der Waals surface area contributed by atoms with Gasteiger partial charge in [0.25, 0.3) is 5.92 Å². The van der Waals surface area contributed by atoms with E-state index in [1.807, 2.05) is 28.0 Å². The fourth-order valence-electron chi connectivity index (χ4n) is 7.50. The van der Waals surface area contributed by atoms with E-state index in [1.165, 1.54) is 14.2 Å².